The first-order valence-electron chi connectivity index (χ1n) is 4.56. The summed E-state index contributed by atoms with van der Waals surface area (Å²) in [4.78, 5) is 11.2. The maximum atomic E-state index is 11.2. The Kier molecular flexibility index (Phi) is 2.35. The third-order valence-corrected chi connectivity index (χ3v) is 3.74. The standard InChI is InChI=1S/C11H11BrO2/c12-7-9-6-11(9,10(13)14)8-4-2-1-3-5-8/h1-5,9H,6-7H2,(H,13,14)/t9-,11+/m1/s1. The van der Waals surface area contributed by atoms with Crippen LogP contribution in [0, 0.1) is 5.92 Å². The molecule has 0 saturated heterocycles. The number of aliphatic carboxylic acids is 1. The average Bonchev–Trinajstić information content (AvgIpc) is 2.94. The van der Waals surface area contributed by atoms with Gasteiger partial charge in [0.2, 0.25) is 0 Å². The highest BCUT2D eigenvalue weighted by atomic mass is 79.9. The second-order valence-electron chi connectivity index (χ2n) is 3.70. The van der Waals surface area contributed by atoms with E-state index in [4.69, 9.17) is 0 Å². The van der Waals surface area contributed by atoms with Crippen molar-refractivity contribution in [2.24, 2.45) is 5.92 Å². The van der Waals surface area contributed by atoms with Crippen LogP contribution in [0.15, 0.2) is 30.3 Å². The Morgan fingerprint density at radius 1 is 1.50 bits per heavy atom. The molecule has 74 valence electrons. The zero-order valence-corrected chi connectivity index (χ0v) is 9.20. The highest BCUT2D eigenvalue weighted by Gasteiger charge is 2.60. The van der Waals surface area contributed by atoms with Crippen molar-refractivity contribution in [1.82, 2.24) is 0 Å². The van der Waals surface area contributed by atoms with Crippen LogP contribution in [0.2, 0.25) is 0 Å². The molecule has 0 spiro atoms. The summed E-state index contributed by atoms with van der Waals surface area (Å²) in [6.07, 6.45) is 0.748. The number of benzene rings is 1. The van der Waals surface area contributed by atoms with Gasteiger partial charge in [0.25, 0.3) is 0 Å². The van der Waals surface area contributed by atoms with Gasteiger partial charge in [-0.3, -0.25) is 4.79 Å². The van der Waals surface area contributed by atoms with Gasteiger partial charge in [0.1, 0.15) is 0 Å². The molecule has 1 fully saturated rings. The molecule has 2 nitrogen and oxygen atoms in total. The molecular formula is C11H11BrO2. The number of carbonyl (C=O) groups is 1. The minimum Gasteiger partial charge on any atom is -0.481 e. The average molecular weight is 255 g/mol. The maximum Gasteiger partial charge on any atom is 0.314 e. The molecule has 0 aliphatic heterocycles. The van der Waals surface area contributed by atoms with E-state index in [1.165, 1.54) is 0 Å². The van der Waals surface area contributed by atoms with Gasteiger partial charge in [-0.2, -0.15) is 0 Å². The summed E-state index contributed by atoms with van der Waals surface area (Å²) in [5.41, 5.74) is 0.307. The fraction of sp³-hybridized carbons (Fsp3) is 0.364. The third-order valence-electron chi connectivity index (χ3n) is 2.96. The first-order valence-corrected chi connectivity index (χ1v) is 5.69. The Labute approximate surface area is 91.1 Å². The number of halogens is 1. The summed E-state index contributed by atoms with van der Waals surface area (Å²) >= 11 is 3.35. The number of carboxylic acids is 1. The molecule has 2 rings (SSSR count). The molecule has 1 aromatic rings. The predicted molar refractivity (Wildman–Crippen MR) is 57.7 cm³/mol. The number of rotatable bonds is 3. The van der Waals surface area contributed by atoms with Gasteiger partial charge >= 0.3 is 5.97 Å². The smallest absolute Gasteiger partial charge is 0.314 e. The lowest BCUT2D eigenvalue weighted by Gasteiger charge is -2.11. The molecule has 14 heavy (non-hydrogen) atoms. The van der Waals surface area contributed by atoms with E-state index in [0.717, 1.165) is 17.3 Å². The van der Waals surface area contributed by atoms with E-state index in [1.807, 2.05) is 30.3 Å². The Hall–Kier alpha value is -0.830. The van der Waals surface area contributed by atoms with Gasteiger partial charge in [-0.05, 0) is 17.9 Å². The Morgan fingerprint density at radius 2 is 2.14 bits per heavy atom. The van der Waals surface area contributed by atoms with Gasteiger partial charge in [0, 0.05) is 5.33 Å². The van der Waals surface area contributed by atoms with Crippen LogP contribution in [0.4, 0.5) is 0 Å². The van der Waals surface area contributed by atoms with E-state index in [2.05, 4.69) is 15.9 Å². The van der Waals surface area contributed by atoms with Gasteiger partial charge in [-0.25, -0.2) is 0 Å². The monoisotopic (exact) mass is 254 g/mol. The van der Waals surface area contributed by atoms with Crippen LogP contribution in [-0.4, -0.2) is 16.4 Å². The molecule has 0 unspecified atom stereocenters. The van der Waals surface area contributed by atoms with Crippen LogP contribution in [0.3, 0.4) is 0 Å². The van der Waals surface area contributed by atoms with E-state index < -0.39 is 11.4 Å². The van der Waals surface area contributed by atoms with Crippen LogP contribution in [0.1, 0.15) is 12.0 Å². The molecule has 0 amide bonds. The molecule has 1 N–H and O–H groups in total. The van der Waals surface area contributed by atoms with Crippen LogP contribution in [-0.2, 0) is 10.2 Å². The highest BCUT2D eigenvalue weighted by Crippen LogP contribution is 2.55. The summed E-state index contributed by atoms with van der Waals surface area (Å²) in [5, 5.41) is 10.00. The Morgan fingerprint density at radius 3 is 2.57 bits per heavy atom. The molecule has 3 heteroatoms. The molecule has 0 bridgehead atoms. The lowest BCUT2D eigenvalue weighted by Crippen LogP contribution is -2.22. The van der Waals surface area contributed by atoms with Gasteiger partial charge in [-0.15, -0.1) is 0 Å². The van der Waals surface area contributed by atoms with Crippen LogP contribution < -0.4 is 0 Å². The molecule has 1 aromatic carbocycles. The zero-order valence-electron chi connectivity index (χ0n) is 7.61. The molecule has 0 aromatic heterocycles. The maximum absolute atomic E-state index is 11.2. The summed E-state index contributed by atoms with van der Waals surface area (Å²) in [6, 6.07) is 9.49. The van der Waals surface area contributed by atoms with E-state index in [-0.39, 0.29) is 5.92 Å². The fourth-order valence-corrected chi connectivity index (χ4v) is 2.77. The lowest BCUT2D eigenvalue weighted by molar-refractivity contribution is -0.140. The molecule has 1 aliphatic carbocycles. The number of carboxylic acid groups (broad SMARTS) is 1. The summed E-state index contributed by atoms with van der Waals surface area (Å²) in [5.74, 6) is -0.462. The Bertz CT molecular complexity index is 350. The molecule has 0 heterocycles. The topological polar surface area (TPSA) is 37.3 Å². The van der Waals surface area contributed by atoms with Crippen LogP contribution in [0.5, 0.6) is 0 Å². The summed E-state index contributed by atoms with van der Waals surface area (Å²) in [6.45, 7) is 0. The number of hydrogen-bond acceptors (Lipinski definition) is 1. The van der Waals surface area contributed by atoms with Crippen molar-refractivity contribution in [3.63, 3.8) is 0 Å². The van der Waals surface area contributed by atoms with Gasteiger partial charge in [-0.1, -0.05) is 46.3 Å². The van der Waals surface area contributed by atoms with E-state index in [9.17, 15) is 9.90 Å². The molecule has 1 saturated carbocycles. The molecular weight excluding hydrogens is 244 g/mol. The van der Waals surface area contributed by atoms with Crippen molar-refractivity contribution in [3.05, 3.63) is 35.9 Å². The molecule has 1 aliphatic rings. The van der Waals surface area contributed by atoms with Crippen molar-refractivity contribution >= 4 is 21.9 Å². The Balaban J connectivity index is 2.36. The molecule has 0 radical (unpaired) electrons. The highest BCUT2D eigenvalue weighted by molar-refractivity contribution is 9.09. The zero-order chi connectivity index (χ0) is 10.2. The second kappa shape index (κ2) is 3.39. The second-order valence-corrected chi connectivity index (χ2v) is 4.35. The van der Waals surface area contributed by atoms with E-state index in [1.54, 1.807) is 0 Å². The van der Waals surface area contributed by atoms with E-state index >= 15 is 0 Å². The summed E-state index contributed by atoms with van der Waals surface area (Å²) < 4.78 is 0. The van der Waals surface area contributed by atoms with Gasteiger partial charge in [0.15, 0.2) is 0 Å². The van der Waals surface area contributed by atoms with E-state index in [0.29, 0.717) is 0 Å². The van der Waals surface area contributed by atoms with Crippen molar-refractivity contribution in [1.29, 1.82) is 0 Å². The number of alkyl halides is 1. The minimum atomic E-state index is -0.701. The quantitative estimate of drug-likeness (QED) is 0.842. The number of hydrogen-bond donors (Lipinski definition) is 1. The normalized spacial score (nSPS) is 29.9. The van der Waals surface area contributed by atoms with Crippen molar-refractivity contribution in [2.45, 2.75) is 11.8 Å². The third kappa shape index (κ3) is 1.27. The predicted octanol–water partition coefficient (Wildman–Crippen LogP) is 2.42. The fourth-order valence-electron chi connectivity index (χ4n) is 1.99. The molecule has 2 atom stereocenters. The van der Waals surface area contributed by atoms with Crippen LogP contribution >= 0.6 is 15.9 Å². The van der Waals surface area contributed by atoms with Crippen molar-refractivity contribution in [3.8, 4) is 0 Å². The van der Waals surface area contributed by atoms with Gasteiger partial charge in [0.05, 0.1) is 5.41 Å². The van der Waals surface area contributed by atoms with Crippen LogP contribution in [0.25, 0.3) is 0 Å². The van der Waals surface area contributed by atoms with Gasteiger partial charge < -0.3 is 5.11 Å². The largest absolute Gasteiger partial charge is 0.481 e. The van der Waals surface area contributed by atoms with Crippen molar-refractivity contribution in [2.75, 3.05) is 5.33 Å². The first-order chi connectivity index (χ1) is 6.71. The minimum absolute atomic E-state index is 0.238. The van der Waals surface area contributed by atoms with Crippen molar-refractivity contribution < 1.29 is 9.90 Å². The summed E-state index contributed by atoms with van der Waals surface area (Å²) in [7, 11) is 0. The first kappa shape index (κ1) is 9.71. The lowest BCUT2D eigenvalue weighted by atomic mass is 9.94. The SMILES string of the molecule is O=C(O)[C@]1(c2ccccc2)C[C@@H]1CBr.